The van der Waals surface area contributed by atoms with Crippen LogP contribution in [0.1, 0.15) is 30.0 Å². The van der Waals surface area contributed by atoms with E-state index in [0.717, 1.165) is 33.5 Å². The van der Waals surface area contributed by atoms with Crippen molar-refractivity contribution < 1.29 is 27.9 Å². The Kier molecular flexibility index (Phi) is 8.86. The quantitative estimate of drug-likeness (QED) is 0.139. The Morgan fingerprint density at radius 2 is 1.49 bits per heavy atom. The number of carboxylic acid groups (broad SMARTS) is 1. The molecule has 0 fully saturated rings. The molecule has 3 aromatic carbocycles. The maximum Gasteiger partial charge on any atom is 0.482 e. The standard InChI is InChI=1S/C26H26F3N3O3/c1-18(21-6-2-19(3-7-21)16-30-15-14-25(33)34)32-35-17-20-4-8-22(9-5-20)23-10-12-24(13-11-23)31-26(27,28)29/h2-13,30-31H,14-17H2,1H3,(H,33,34)/b32-18+. The van der Waals surface area contributed by atoms with Crippen molar-refractivity contribution >= 4 is 17.4 Å². The number of halogens is 3. The van der Waals surface area contributed by atoms with Crippen molar-refractivity contribution in [2.75, 3.05) is 11.9 Å². The van der Waals surface area contributed by atoms with Crippen LogP contribution < -0.4 is 10.6 Å². The Hall–Kier alpha value is -3.85. The fourth-order valence-electron chi connectivity index (χ4n) is 3.25. The van der Waals surface area contributed by atoms with Gasteiger partial charge in [-0.25, -0.2) is 0 Å². The Morgan fingerprint density at radius 3 is 2.06 bits per heavy atom. The van der Waals surface area contributed by atoms with Crippen LogP contribution in [-0.2, 0) is 22.8 Å². The van der Waals surface area contributed by atoms with Crippen LogP contribution in [0.25, 0.3) is 11.1 Å². The van der Waals surface area contributed by atoms with Gasteiger partial charge in [0.1, 0.15) is 6.61 Å². The van der Waals surface area contributed by atoms with Crippen molar-refractivity contribution in [2.45, 2.75) is 32.8 Å². The normalized spacial score (nSPS) is 11.8. The number of aliphatic carboxylic acids is 1. The third-order valence-electron chi connectivity index (χ3n) is 5.11. The lowest BCUT2D eigenvalue weighted by Crippen LogP contribution is -2.20. The monoisotopic (exact) mass is 485 g/mol. The van der Waals surface area contributed by atoms with Gasteiger partial charge in [0, 0.05) is 18.8 Å². The maximum absolute atomic E-state index is 12.4. The van der Waals surface area contributed by atoms with E-state index in [0.29, 0.717) is 13.1 Å². The molecule has 35 heavy (non-hydrogen) atoms. The summed E-state index contributed by atoms with van der Waals surface area (Å²) in [5.41, 5.74) is 5.26. The first-order valence-corrected chi connectivity index (χ1v) is 10.9. The zero-order valence-corrected chi connectivity index (χ0v) is 19.1. The summed E-state index contributed by atoms with van der Waals surface area (Å²) in [7, 11) is 0. The molecular formula is C26H26F3N3O3. The highest BCUT2D eigenvalue weighted by Gasteiger charge is 2.26. The van der Waals surface area contributed by atoms with E-state index in [1.165, 1.54) is 17.4 Å². The molecule has 0 saturated heterocycles. The molecule has 0 aliphatic rings. The lowest BCUT2D eigenvalue weighted by atomic mass is 10.0. The fraction of sp³-hybridized carbons (Fsp3) is 0.231. The van der Waals surface area contributed by atoms with Gasteiger partial charge in [0.15, 0.2) is 0 Å². The van der Waals surface area contributed by atoms with Gasteiger partial charge >= 0.3 is 12.3 Å². The summed E-state index contributed by atoms with van der Waals surface area (Å²) in [6, 6.07) is 21.3. The molecule has 0 aromatic heterocycles. The minimum absolute atomic E-state index is 0.0125. The van der Waals surface area contributed by atoms with Crippen LogP contribution in [0.15, 0.2) is 78.0 Å². The van der Waals surface area contributed by atoms with E-state index in [2.05, 4.69) is 10.5 Å². The van der Waals surface area contributed by atoms with Crippen LogP contribution in [-0.4, -0.2) is 29.6 Å². The molecule has 0 aliphatic carbocycles. The lowest BCUT2D eigenvalue weighted by molar-refractivity contribution is -0.136. The molecule has 184 valence electrons. The van der Waals surface area contributed by atoms with E-state index < -0.39 is 12.3 Å². The summed E-state index contributed by atoms with van der Waals surface area (Å²) >= 11 is 0. The van der Waals surface area contributed by atoms with Crippen molar-refractivity contribution in [1.82, 2.24) is 5.32 Å². The predicted molar refractivity (Wildman–Crippen MR) is 129 cm³/mol. The van der Waals surface area contributed by atoms with Crippen molar-refractivity contribution in [2.24, 2.45) is 5.16 Å². The Balaban J connectivity index is 1.49. The SMILES string of the molecule is C/C(=N\OCc1ccc(-c2ccc(NC(F)(F)F)cc2)cc1)c1ccc(CNCCC(=O)O)cc1. The molecule has 9 heteroatoms. The van der Waals surface area contributed by atoms with E-state index >= 15 is 0 Å². The number of hydrogen-bond acceptors (Lipinski definition) is 5. The fourth-order valence-corrected chi connectivity index (χ4v) is 3.25. The summed E-state index contributed by atoms with van der Waals surface area (Å²) < 4.78 is 37.2. The van der Waals surface area contributed by atoms with Crippen LogP contribution in [0.2, 0.25) is 0 Å². The van der Waals surface area contributed by atoms with Gasteiger partial charge in [0.25, 0.3) is 0 Å². The molecule has 0 bridgehead atoms. The number of nitrogens with one attached hydrogen (secondary N) is 2. The largest absolute Gasteiger partial charge is 0.482 e. The number of oxime groups is 1. The molecule has 0 saturated carbocycles. The van der Waals surface area contributed by atoms with Gasteiger partial charge in [-0.1, -0.05) is 65.8 Å². The molecular weight excluding hydrogens is 459 g/mol. The second kappa shape index (κ2) is 12.0. The molecule has 3 aromatic rings. The van der Waals surface area contributed by atoms with Gasteiger partial charge in [-0.15, -0.1) is 0 Å². The van der Waals surface area contributed by atoms with Crippen LogP contribution in [0.3, 0.4) is 0 Å². The number of hydrogen-bond donors (Lipinski definition) is 3. The number of carboxylic acids is 1. The number of alkyl halides is 3. The number of nitrogens with zero attached hydrogens (tertiary/aromatic N) is 1. The zero-order chi connectivity index (χ0) is 25.3. The minimum Gasteiger partial charge on any atom is -0.481 e. The minimum atomic E-state index is -4.46. The summed E-state index contributed by atoms with van der Waals surface area (Å²) in [6.07, 6.45) is -4.38. The van der Waals surface area contributed by atoms with E-state index in [4.69, 9.17) is 9.94 Å². The summed E-state index contributed by atoms with van der Waals surface area (Å²) in [6.45, 7) is 3.13. The van der Waals surface area contributed by atoms with Crippen LogP contribution >= 0.6 is 0 Å². The van der Waals surface area contributed by atoms with Crippen molar-refractivity contribution in [3.8, 4) is 11.1 Å². The molecule has 0 spiro atoms. The summed E-state index contributed by atoms with van der Waals surface area (Å²) in [4.78, 5) is 16.0. The Bertz CT molecular complexity index is 1130. The molecule has 3 N–H and O–H groups in total. The van der Waals surface area contributed by atoms with Gasteiger partial charge < -0.3 is 15.3 Å². The molecule has 0 radical (unpaired) electrons. The van der Waals surface area contributed by atoms with E-state index in [1.54, 1.807) is 12.1 Å². The summed E-state index contributed by atoms with van der Waals surface area (Å²) in [5, 5.41) is 17.4. The van der Waals surface area contributed by atoms with Crippen LogP contribution in [0.5, 0.6) is 0 Å². The zero-order valence-electron chi connectivity index (χ0n) is 19.1. The van der Waals surface area contributed by atoms with E-state index in [1.807, 2.05) is 55.5 Å². The van der Waals surface area contributed by atoms with Crippen LogP contribution in [0.4, 0.5) is 18.9 Å². The number of rotatable bonds is 11. The second-order valence-electron chi connectivity index (χ2n) is 7.86. The highest BCUT2D eigenvalue weighted by atomic mass is 19.4. The van der Waals surface area contributed by atoms with Gasteiger partial charge in [-0.05, 0) is 46.9 Å². The highest BCUT2D eigenvalue weighted by molar-refractivity contribution is 5.98. The Morgan fingerprint density at radius 1 is 0.914 bits per heavy atom. The van der Waals surface area contributed by atoms with Crippen molar-refractivity contribution in [1.29, 1.82) is 0 Å². The summed E-state index contributed by atoms with van der Waals surface area (Å²) in [5.74, 6) is -0.828. The first kappa shape index (κ1) is 25.8. The third-order valence-corrected chi connectivity index (χ3v) is 5.11. The maximum atomic E-state index is 12.4. The number of anilines is 1. The smallest absolute Gasteiger partial charge is 0.481 e. The average molecular weight is 486 g/mol. The van der Waals surface area contributed by atoms with Crippen molar-refractivity contribution in [3.63, 3.8) is 0 Å². The Labute approximate surface area is 201 Å². The van der Waals surface area contributed by atoms with Gasteiger partial charge in [-0.2, -0.15) is 13.2 Å². The topological polar surface area (TPSA) is 83.0 Å². The molecule has 0 heterocycles. The molecule has 6 nitrogen and oxygen atoms in total. The highest BCUT2D eigenvalue weighted by Crippen LogP contribution is 2.25. The predicted octanol–water partition coefficient (Wildman–Crippen LogP) is 5.79. The average Bonchev–Trinajstić information content (AvgIpc) is 2.82. The van der Waals surface area contributed by atoms with Gasteiger partial charge in [0.2, 0.25) is 0 Å². The molecule has 0 aliphatic heterocycles. The third kappa shape index (κ3) is 8.78. The van der Waals surface area contributed by atoms with E-state index in [9.17, 15) is 18.0 Å². The first-order chi connectivity index (χ1) is 16.7. The van der Waals surface area contributed by atoms with Crippen molar-refractivity contribution in [3.05, 3.63) is 89.5 Å². The number of carbonyl (C=O) groups is 1. The lowest BCUT2D eigenvalue weighted by Gasteiger charge is -2.10. The first-order valence-electron chi connectivity index (χ1n) is 10.9. The van der Waals surface area contributed by atoms with Gasteiger partial charge in [0.05, 0.1) is 12.1 Å². The molecule has 3 rings (SSSR count). The van der Waals surface area contributed by atoms with E-state index in [-0.39, 0.29) is 18.7 Å². The number of benzene rings is 3. The molecule has 0 atom stereocenters. The second-order valence-corrected chi connectivity index (χ2v) is 7.86. The molecule has 0 unspecified atom stereocenters. The molecule has 0 amide bonds. The van der Waals surface area contributed by atoms with Gasteiger partial charge in [-0.3, -0.25) is 10.1 Å². The van der Waals surface area contributed by atoms with Crippen LogP contribution in [0, 0.1) is 0 Å².